The first kappa shape index (κ1) is 21.4. The van der Waals surface area contributed by atoms with Crippen LogP contribution in [0, 0.1) is 6.92 Å². The standard InChI is InChI=1S/C20H15F3N6O2S/c1-11-16(12-6-4-3-5-7-12)32-19(25-11)26-18(30)13-10-24-29(17(13)20(21,22)23)14-8-9-15(31-2)28-27-14/h3-10H,1-2H3,(H,25,26,30). The van der Waals surface area contributed by atoms with E-state index in [-0.39, 0.29) is 16.8 Å². The van der Waals surface area contributed by atoms with E-state index in [0.717, 1.165) is 16.6 Å². The monoisotopic (exact) mass is 460 g/mol. The molecule has 1 N–H and O–H groups in total. The number of carbonyl (C=O) groups is 1. The lowest BCUT2D eigenvalue weighted by atomic mass is 10.2. The van der Waals surface area contributed by atoms with Gasteiger partial charge in [-0.05, 0) is 18.6 Å². The number of amides is 1. The molecule has 0 aliphatic heterocycles. The number of hydrogen-bond acceptors (Lipinski definition) is 7. The number of alkyl halides is 3. The molecule has 1 aromatic carbocycles. The Bertz CT molecular complexity index is 1250. The number of carbonyl (C=O) groups excluding carboxylic acids is 1. The summed E-state index contributed by atoms with van der Waals surface area (Å²) in [5, 5.41) is 13.7. The van der Waals surface area contributed by atoms with Gasteiger partial charge in [0.25, 0.3) is 5.91 Å². The van der Waals surface area contributed by atoms with Gasteiger partial charge in [-0.1, -0.05) is 41.7 Å². The van der Waals surface area contributed by atoms with Crippen LogP contribution in [0.5, 0.6) is 5.88 Å². The number of anilines is 1. The number of nitrogens with zero attached hydrogens (tertiary/aromatic N) is 5. The van der Waals surface area contributed by atoms with E-state index in [1.54, 1.807) is 6.92 Å². The molecule has 0 aliphatic carbocycles. The zero-order valence-corrected chi connectivity index (χ0v) is 17.5. The second-order valence-electron chi connectivity index (χ2n) is 6.50. The van der Waals surface area contributed by atoms with Crippen molar-refractivity contribution in [1.82, 2.24) is 25.0 Å². The minimum atomic E-state index is -4.88. The maximum Gasteiger partial charge on any atom is 0.434 e. The van der Waals surface area contributed by atoms with Crippen LogP contribution in [0.1, 0.15) is 21.7 Å². The molecule has 0 fully saturated rings. The predicted molar refractivity (Wildman–Crippen MR) is 111 cm³/mol. The van der Waals surface area contributed by atoms with Crippen LogP contribution < -0.4 is 10.1 Å². The molecule has 164 valence electrons. The molecule has 3 aromatic heterocycles. The average Bonchev–Trinajstić information content (AvgIpc) is 3.38. The van der Waals surface area contributed by atoms with Crippen molar-refractivity contribution in [2.45, 2.75) is 13.1 Å². The van der Waals surface area contributed by atoms with Crippen LogP contribution in [0.15, 0.2) is 48.7 Å². The molecule has 1 amide bonds. The zero-order valence-electron chi connectivity index (χ0n) is 16.7. The highest BCUT2D eigenvalue weighted by atomic mass is 32.1. The molecule has 0 aliphatic rings. The molecule has 0 saturated heterocycles. The Kier molecular flexibility index (Phi) is 5.61. The van der Waals surface area contributed by atoms with E-state index in [0.29, 0.717) is 10.4 Å². The van der Waals surface area contributed by atoms with E-state index in [1.165, 1.54) is 30.6 Å². The Morgan fingerprint density at radius 1 is 1.12 bits per heavy atom. The van der Waals surface area contributed by atoms with Crippen molar-refractivity contribution in [3.05, 3.63) is 65.6 Å². The second-order valence-corrected chi connectivity index (χ2v) is 7.50. The summed E-state index contributed by atoms with van der Waals surface area (Å²) in [7, 11) is 1.35. The van der Waals surface area contributed by atoms with Gasteiger partial charge in [0.2, 0.25) is 5.88 Å². The molecule has 0 radical (unpaired) electrons. The smallest absolute Gasteiger partial charge is 0.434 e. The highest BCUT2D eigenvalue weighted by Gasteiger charge is 2.41. The van der Waals surface area contributed by atoms with Crippen molar-refractivity contribution in [2.24, 2.45) is 0 Å². The third-order valence-electron chi connectivity index (χ3n) is 4.39. The molecular weight excluding hydrogens is 445 g/mol. The van der Waals surface area contributed by atoms with E-state index in [9.17, 15) is 18.0 Å². The maximum absolute atomic E-state index is 13.8. The number of rotatable bonds is 5. The Labute approximate surface area is 183 Å². The Morgan fingerprint density at radius 2 is 1.88 bits per heavy atom. The normalized spacial score (nSPS) is 11.4. The van der Waals surface area contributed by atoms with Gasteiger partial charge in [0.15, 0.2) is 16.6 Å². The third-order valence-corrected chi connectivity index (χ3v) is 5.51. The van der Waals surface area contributed by atoms with Gasteiger partial charge in [0.1, 0.15) is 0 Å². The first-order valence-electron chi connectivity index (χ1n) is 9.15. The zero-order chi connectivity index (χ0) is 22.9. The fraction of sp³-hybridized carbons (Fsp3) is 0.150. The van der Waals surface area contributed by atoms with Crippen LogP contribution in [0.25, 0.3) is 16.3 Å². The molecule has 3 heterocycles. The SMILES string of the molecule is COc1ccc(-n2ncc(C(=O)Nc3nc(C)c(-c4ccccc4)s3)c2C(F)(F)F)nn1. The largest absolute Gasteiger partial charge is 0.480 e. The molecule has 4 aromatic rings. The van der Waals surface area contributed by atoms with Crippen LogP contribution in [0.3, 0.4) is 0 Å². The first-order chi connectivity index (χ1) is 15.3. The molecule has 0 atom stereocenters. The van der Waals surface area contributed by atoms with Crippen LogP contribution >= 0.6 is 11.3 Å². The number of hydrogen-bond donors (Lipinski definition) is 1. The molecule has 8 nitrogen and oxygen atoms in total. The van der Waals surface area contributed by atoms with Crippen LogP contribution in [-0.2, 0) is 6.18 Å². The minimum Gasteiger partial charge on any atom is -0.480 e. The van der Waals surface area contributed by atoms with E-state index in [4.69, 9.17) is 4.74 Å². The topological polar surface area (TPSA) is 94.8 Å². The van der Waals surface area contributed by atoms with Gasteiger partial charge in [0, 0.05) is 6.07 Å². The average molecular weight is 460 g/mol. The number of thiazole rings is 1. The highest BCUT2D eigenvalue weighted by Crippen LogP contribution is 2.35. The van der Waals surface area contributed by atoms with Gasteiger partial charge < -0.3 is 4.74 Å². The third kappa shape index (κ3) is 4.17. The van der Waals surface area contributed by atoms with Crippen molar-refractivity contribution in [1.29, 1.82) is 0 Å². The fourth-order valence-corrected chi connectivity index (χ4v) is 3.93. The molecule has 0 bridgehead atoms. The van der Waals surface area contributed by atoms with Gasteiger partial charge in [0.05, 0.1) is 29.4 Å². The second kappa shape index (κ2) is 8.38. The van der Waals surface area contributed by atoms with Crippen molar-refractivity contribution in [2.75, 3.05) is 12.4 Å². The Balaban J connectivity index is 1.66. The summed E-state index contributed by atoms with van der Waals surface area (Å²) in [4.78, 5) is 17.8. The summed E-state index contributed by atoms with van der Waals surface area (Å²) in [5.74, 6) is -1.08. The van der Waals surface area contributed by atoms with Crippen molar-refractivity contribution in [3.63, 3.8) is 0 Å². The Hall–Kier alpha value is -3.80. The summed E-state index contributed by atoms with van der Waals surface area (Å²) in [6.07, 6.45) is -4.04. The van der Waals surface area contributed by atoms with E-state index in [1.807, 2.05) is 30.3 Å². The van der Waals surface area contributed by atoms with Gasteiger partial charge in [-0.3, -0.25) is 10.1 Å². The van der Waals surface area contributed by atoms with E-state index >= 15 is 0 Å². The number of halogens is 3. The lowest BCUT2D eigenvalue weighted by Crippen LogP contribution is -2.21. The number of benzene rings is 1. The number of aromatic nitrogens is 5. The lowest BCUT2D eigenvalue weighted by molar-refractivity contribution is -0.143. The molecule has 0 spiro atoms. The number of methoxy groups -OCH3 is 1. The summed E-state index contributed by atoms with van der Waals surface area (Å²) in [6, 6.07) is 11.9. The quantitative estimate of drug-likeness (QED) is 0.475. The maximum atomic E-state index is 13.8. The number of nitrogens with one attached hydrogen (secondary N) is 1. The van der Waals surface area contributed by atoms with Gasteiger partial charge in [-0.2, -0.15) is 18.3 Å². The molecule has 0 saturated carbocycles. The van der Waals surface area contributed by atoms with Crippen molar-refractivity contribution in [3.8, 4) is 22.1 Å². The Morgan fingerprint density at radius 3 is 2.50 bits per heavy atom. The van der Waals surface area contributed by atoms with E-state index < -0.39 is 23.3 Å². The van der Waals surface area contributed by atoms with Crippen molar-refractivity contribution >= 4 is 22.4 Å². The molecule has 4 rings (SSSR count). The molecule has 0 unspecified atom stereocenters. The number of ether oxygens (including phenoxy) is 1. The summed E-state index contributed by atoms with van der Waals surface area (Å²) >= 11 is 1.17. The van der Waals surface area contributed by atoms with Crippen molar-refractivity contribution < 1.29 is 22.7 Å². The summed E-state index contributed by atoms with van der Waals surface area (Å²) in [5.41, 5.74) is -0.392. The summed E-state index contributed by atoms with van der Waals surface area (Å²) in [6.45, 7) is 1.76. The van der Waals surface area contributed by atoms with E-state index in [2.05, 4.69) is 25.6 Å². The van der Waals surface area contributed by atoms with Gasteiger partial charge in [-0.15, -0.1) is 10.2 Å². The molecular formula is C20H15F3N6O2S. The predicted octanol–water partition coefficient (Wildman–Crippen LogP) is 4.37. The van der Waals surface area contributed by atoms with Crippen LogP contribution in [0.2, 0.25) is 0 Å². The molecule has 12 heteroatoms. The van der Waals surface area contributed by atoms with Gasteiger partial charge in [-0.25, -0.2) is 9.67 Å². The first-order valence-corrected chi connectivity index (χ1v) is 9.97. The lowest BCUT2D eigenvalue weighted by Gasteiger charge is -2.11. The number of aryl methyl sites for hydroxylation is 1. The fourth-order valence-electron chi connectivity index (χ4n) is 2.97. The molecule has 32 heavy (non-hydrogen) atoms. The minimum absolute atomic E-state index is 0.126. The van der Waals surface area contributed by atoms with Crippen LogP contribution in [0.4, 0.5) is 18.3 Å². The van der Waals surface area contributed by atoms with Crippen LogP contribution in [-0.4, -0.2) is 38.0 Å². The highest BCUT2D eigenvalue weighted by molar-refractivity contribution is 7.19. The summed E-state index contributed by atoms with van der Waals surface area (Å²) < 4.78 is 46.9. The van der Waals surface area contributed by atoms with Gasteiger partial charge >= 0.3 is 6.18 Å².